The van der Waals surface area contributed by atoms with Crippen molar-refractivity contribution in [1.29, 1.82) is 0 Å². The Hall–Kier alpha value is -3.82. The van der Waals surface area contributed by atoms with E-state index in [4.69, 9.17) is 0 Å². The van der Waals surface area contributed by atoms with Gasteiger partial charge in [-0.1, -0.05) is 30.3 Å². The summed E-state index contributed by atoms with van der Waals surface area (Å²) in [5.74, 6) is 1.03. The van der Waals surface area contributed by atoms with E-state index in [9.17, 15) is 4.79 Å². The van der Waals surface area contributed by atoms with Crippen molar-refractivity contribution in [2.75, 3.05) is 25.5 Å². The number of aromatic nitrogens is 4. The molecular formula is C28H29N7OS. The van der Waals surface area contributed by atoms with E-state index in [1.165, 1.54) is 10.4 Å². The van der Waals surface area contributed by atoms with E-state index in [1.54, 1.807) is 17.7 Å². The molecule has 0 bridgehead atoms. The molecule has 5 aromatic rings. The summed E-state index contributed by atoms with van der Waals surface area (Å²) in [6, 6.07) is 16.3. The lowest BCUT2D eigenvalue weighted by molar-refractivity contribution is -0.136. The summed E-state index contributed by atoms with van der Waals surface area (Å²) < 4.78 is 0. The predicted molar refractivity (Wildman–Crippen MR) is 148 cm³/mol. The summed E-state index contributed by atoms with van der Waals surface area (Å²) >= 11 is 1.69. The molecule has 1 aliphatic carbocycles. The third-order valence-electron chi connectivity index (χ3n) is 7.06. The first-order valence-corrected chi connectivity index (χ1v) is 13.4. The Morgan fingerprint density at radius 2 is 2.08 bits per heavy atom. The van der Waals surface area contributed by atoms with E-state index < -0.39 is 0 Å². The average Bonchev–Trinajstić information content (AvgIpc) is 3.55. The SMILES string of the molecule is CNCCN(Cc1ccccc1)C(=O)C1CCc2c(sc3ncnc(Nc4ccc5[nH]ncc5c4)c23)C1. The number of thiophene rings is 1. The van der Waals surface area contributed by atoms with Gasteiger partial charge in [-0.15, -0.1) is 11.3 Å². The van der Waals surface area contributed by atoms with E-state index in [0.29, 0.717) is 13.1 Å². The summed E-state index contributed by atoms with van der Waals surface area (Å²) in [6.45, 7) is 2.10. The number of anilines is 2. The fraction of sp³-hybridized carbons (Fsp3) is 0.286. The van der Waals surface area contributed by atoms with Gasteiger partial charge in [0.05, 0.1) is 17.1 Å². The monoisotopic (exact) mass is 511 g/mol. The zero-order valence-corrected chi connectivity index (χ0v) is 21.5. The number of hydrogen-bond donors (Lipinski definition) is 3. The lowest BCUT2D eigenvalue weighted by Crippen LogP contribution is -2.41. The van der Waals surface area contributed by atoms with Gasteiger partial charge in [0.1, 0.15) is 17.0 Å². The molecule has 1 unspecified atom stereocenters. The van der Waals surface area contributed by atoms with Crippen LogP contribution in [0, 0.1) is 5.92 Å². The number of aromatic amines is 1. The second-order valence-electron chi connectivity index (χ2n) is 9.49. The summed E-state index contributed by atoms with van der Waals surface area (Å²) in [4.78, 5) is 27.1. The average molecular weight is 512 g/mol. The van der Waals surface area contributed by atoms with Crippen molar-refractivity contribution in [3.63, 3.8) is 0 Å². The van der Waals surface area contributed by atoms with Crippen LogP contribution >= 0.6 is 11.3 Å². The topological polar surface area (TPSA) is 98.8 Å². The van der Waals surface area contributed by atoms with E-state index in [1.807, 2.05) is 48.5 Å². The highest BCUT2D eigenvalue weighted by Gasteiger charge is 2.31. The summed E-state index contributed by atoms with van der Waals surface area (Å²) in [5, 5.41) is 15.9. The highest BCUT2D eigenvalue weighted by atomic mass is 32.1. The highest BCUT2D eigenvalue weighted by Crippen LogP contribution is 2.41. The lowest BCUT2D eigenvalue weighted by atomic mass is 9.86. The molecule has 0 saturated carbocycles. The Labute approximate surface area is 219 Å². The second kappa shape index (κ2) is 10.3. The van der Waals surface area contributed by atoms with Crippen LogP contribution in [0.25, 0.3) is 21.1 Å². The molecule has 1 atom stereocenters. The van der Waals surface area contributed by atoms with Crippen molar-refractivity contribution in [3.05, 3.63) is 77.1 Å². The highest BCUT2D eigenvalue weighted by molar-refractivity contribution is 7.19. The van der Waals surface area contributed by atoms with Crippen LogP contribution in [0.15, 0.2) is 61.1 Å². The van der Waals surface area contributed by atoms with Crippen molar-refractivity contribution < 1.29 is 4.79 Å². The molecule has 9 heteroatoms. The van der Waals surface area contributed by atoms with Gasteiger partial charge in [0, 0.05) is 41.5 Å². The maximum Gasteiger partial charge on any atom is 0.226 e. The van der Waals surface area contributed by atoms with Gasteiger partial charge in [0.25, 0.3) is 0 Å². The Morgan fingerprint density at radius 3 is 2.95 bits per heavy atom. The number of carbonyl (C=O) groups is 1. The zero-order valence-electron chi connectivity index (χ0n) is 20.7. The number of amides is 1. The fourth-order valence-electron chi connectivity index (χ4n) is 5.15. The molecule has 1 aliphatic rings. The number of carbonyl (C=O) groups excluding carboxylic acids is 1. The van der Waals surface area contributed by atoms with Gasteiger partial charge in [0.15, 0.2) is 0 Å². The van der Waals surface area contributed by atoms with E-state index >= 15 is 0 Å². The third-order valence-corrected chi connectivity index (χ3v) is 8.22. The van der Waals surface area contributed by atoms with Crippen molar-refractivity contribution in [2.24, 2.45) is 5.92 Å². The first-order chi connectivity index (χ1) is 18.2. The second-order valence-corrected chi connectivity index (χ2v) is 10.6. The summed E-state index contributed by atoms with van der Waals surface area (Å²) in [6.07, 6.45) is 5.86. The Morgan fingerprint density at radius 1 is 1.19 bits per heavy atom. The van der Waals surface area contributed by atoms with Gasteiger partial charge in [0.2, 0.25) is 5.91 Å². The molecule has 8 nitrogen and oxygen atoms in total. The van der Waals surface area contributed by atoms with Crippen LogP contribution in [-0.4, -0.2) is 51.1 Å². The van der Waals surface area contributed by atoms with Crippen LogP contribution in [-0.2, 0) is 24.2 Å². The number of benzene rings is 2. The molecule has 37 heavy (non-hydrogen) atoms. The molecule has 0 spiro atoms. The third kappa shape index (κ3) is 4.80. The minimum atomic E-state index is -0.0194. The van der Waals surface area contributed by atoms with Crippen LogP contribution in [0.5, 0.6) is 0 Å². The molecule has 188 valence electrons. The van der Waals surface area contributed by atoms with Crippen molar-refractivity contribution in [2.45, 2.75) is 25.8 Å². The maximum atomic E-state index is 13.7. The molecule has 0 radical (unpaired) electrons. The Kier molecular flexibility index (Phi) is 6.55. The molecule has 3 aromatic heterocycles. The zero-order chi connectivity index (χ0) is 25.2. The van der Waals surface area contributed by atoms with Crippen molar-refractivity contribution in [3.8, 4) is 0 Å². The van der Waals surface area contributed by atoms with Gasteiger partial charge in [-0.2, -0.15) is 5.10 Å². The molecule has 2 aromatic carbocycles. The molecule has 3 N–H and O–H groups in total. The number of rotatable bonds is 8. The number of hydrogen-bond acceptors (Lipinski definition) is 7. The van der Waals surface area contributed by atoms with Crippen LogP contribution < -0.4 is 10.6 Å². The van der Waals surface area contributed by atoms with Crippen LogP contribution in [0.2, 0.25) is 0 Å². The molecule has 0 fully saturated rings. The lowest BCUT2D eigenvalue weighted by Gasteiger charge is -2.29. The molecule has 3 heterocycles. The van der Waals surface area contributed by atoms with Gasteiger partial charge in [-0.3, -0.25) is 9.89 Å². The molecule has 0 aliphatic heterocycles. The summed E-state index contributed by atoms with van der Waals surface area (Å²) in [5.41, 5.74) is 4.39. The number of likely N-dealkylation sites (N-methyl/N-ethyl adjacent to an activating group) is 1. The van der Waals surface area contributed by atoms with Gasteiger partial charge in [-0.25, -0.2) is 9.97 Å². The quantitative estimate of drug-likeness (QED) is 0.280. The number of H-pyrrole nitrogens is 1. The minimum absolute atomic E-state index is 0.0194. The first-order valence-electron chi connectivity index (χ1n) is 12.6. The normalized spacial score (nSPS) is 15.1. The fourth-order valence-corrected chi connectivity index (χ4v) is 6.42. The molecule has 0 saturated heterocycles. The Balaban J connectivity index is 1.25. The molecule has 1 amide bonds. The van der Waals surface area contributed by atoms with Gasteiger partial charge in [-0.05, 0) is 55.6 Å². The van der Waals surface area contributed by atoms with Crippen LogP contribution in [0.3, 0.4) is 0 Å². The number of nitrogens with one attached hydrogen (secondary N) is 3. The minimum Gasteiger partial charge on any atom is -0.340 e. The molecular weight excluding hydrogens is 482 g/mol. The maximum absolute atomic E-state index is 13.7. The van der Waals surface area contributed by atoms with Crippen molar-refractivity contribution >= 4 is 49.9 Å². The van der Waals surface area contributed by atoms with Crippen molar-refractivity contribution in [1.82, 2.24) is 30.4 Å². The van der Waals surface area contributed by atoms with Gasteiger partial charge >= 0.3 is 0 Å². The Bertz CT molecular complexity index is 1540. The summed E-state index contributed by atoms with van der Waals surface area (Å²) in [7, 11) is 1.93. The molecule has 6 rings (SSSR count). The van der Waals surface area contributed by atoms with Crippen LogP contribution in [0.4, 0.5) is 11.5 Å². The van der Waals surface area contributed by atoms with Crippen LogP contribution in [0.1, 0.15) is 22.4 Å². The number of fused-ring (bicyclic) bond motifs is 4. The smallest absolute Gasteiger partial charge is 0.226 e. The predicted octanol–water partition coefficient (Wildman–Crippen LogP) is 4.66. The first kappa shape index (κ1) is 23.6. The number of nitrogens with zero attached hydrogens (tertiary/aromatic N) is 4. The largest absolute Gasteiger partial charge is 0.340 e. The van der Waals surface area contributed by atoms with E-state index in [-0.39, 0.29) is 11.8 Å². The number of aryl methyl sites for hydroxylation is 1. The standard InChI is InChI=1S/C28H29N7OS/c1-29-11-12-35(16-18-5-3-2-4-6-18)28(36)19-7-9-22-24(14-19)37-27-25(22)26(30-17-31-27)33-21-8-10-23-20(13-21)15-32-34-23/h2-6,8,10,13,15,17,19,29H,7,9,11-12,14,16H2,1H3,(H,32,34)(H,30,31,33). The van der Waals surface area contributed by atoms with E-state index in [0.717, 1.165) is 64.0 Å². The van der Waals surface area contributed by atoms with Gasteiger partial charge < -0.3 is 15.5 Å². The van der Waals surface area contributed by atoms with E-state index in [2.05, 4.69) is 49.0 Å².